The van der Waals surface area contributed by atoms with E-state index >= 15 is 0 Å². The van der Waals surface area contributed by atoms with Crippen molar-refractivity contribution < 1.29 is 0 Å². The van der Waals surface area contributed by atoms with Crippen molar-refractivity contribution >= 4 is 8.58 Å². The third kappa shape index (κ3) is 2.06. The lowest BCUT2D eigenvalue weighted by molar-refractivity contribution is 0.295. The molecule has 0 aromatic rings. The van der Waals surface area contributed by atoms with Crippen LogP contribution in [0.2, 0.25) is 0 Å². The molecular formula is C10H19P. The molecule has 0 amide bonds. The second-order valence-corrected chi connectivity index (χ2v) is 5.77. The van der Waals surface area contributed by atoms with Crippen LogP contribution in [0.1, 0.15) is 27.2 Å². The van der Waals surface area contributed by atoms with Crippen LogP contribution < -0.4 is 0 Å². The Balaban J connectivity index is 2.63. The third-order valence-electron chi connectivity index (χ3n) is 2.54. The van der Waals surface area contributed by atoms with Crippen LogP contribution in [0.25, 0.3) is 0 Å². The molecule has 0 fully saturated rings. The Kier molecular flexibility index (Phi) is 2.75. The average molecular weight is 170 g/mol. The number of allylic oxidation sites excluding steroid dienone is 2. The lowest BCUT2D eigenvalue weighted by atomic mass is 9.80. The van der Waals surface area contributed by atoms with Gasteiger partial charge in [0.15, 0.2) is 0 Å². The van der Waals surface area contributed by atoms with Gasteiger partial charge in [-0.3, -0.25) is 0 Å². The van der Waals surface area contributed by atoms with Crippen LogP contribution in [0, 0.1) is 11.3 Å². The molecule has 0 radical (unpaired) electrons. The van der Waals surface area contributed by atoms with Crippen LogP contribution >= 0.6 is 8.58 Å². The summed E-state index contributed by atoms with van der Waals surface area (Å²) in [6.45, 7) is 9.37. The van der Waals surface area contributed by atoms with Crippen LogP contribution in [0.5, 0.6) is 0 Å². The van der Waals surface area contributed by atoms with Gasteiger partial charge in [-0.2, -0.15) is 0 Å². The highest BCUT2D eigenvalue weighted by molar-refractivity contribution is 7.38. The van der Waals surface area contributed by atoms with Gasteiger partial charge < -0.3 is 0 Å². The van der Waals surface area contributed by atoms with E-state index in [1.807, 2.05) is 0 Å². The largest absolute Gasteiger partial charge is 0.121 e. The second-order valence-electron chi connectivity index (χ2n) is 4.45. The number of hydrogen-bond acceptors (Lipinski definition) is 0. The molecule has 0 N–H and O–H groups in total. The van der Waals surface area contributed by atoms with E-state index in [2.05, 4.69) is 39.6 Å². The van der Waals surface area contributed by atoms with Crippen molar-refractivity contribution in [2.75, 3.05) is 6.66 Å². The smallest absolute Gasteiger partial charge is 0.0117 e. The molecule has 0 aromatic carbocycles. The Bertz CT molecular complexity index is 153. The molecule has 1 aliphatic rings. The molecule has 0 saturated carbocycles. The zero-order chi connectivity index (χ0) is 8.48. The van der Waals surface area contributed by atoms with Gasteiger partial charge in [-0.25, -0.2) is 0 Å². The maximum atomic E-state index is 2.42. The first-order valence-electron chi connectivity index (χ1n) is 4.39. The Labute approximate surface area is 72.2 Å². The molecule has 0 aromatic heterocycles. The van der Waals surface area contributed by atoms with Gasteiger partial charge in [-0.15, -0.1) is 8.58 Å². The van der Waals surface area contributed by atoms with Crippen LogP contribution in [-0.2, 0) is 0 Å². The summed E-state index contributed by atoms with van der Waals surface area (Å²) in [6, 6.07) is 0. The number of hydrogen-bond donors (Lipinski definition) is 0. The predicted molar refractivity (Wildman–Crippen MR) is 54.7 cm³/mol. The molecule has 0 spiro atoms. The third-order valence-corrected chi connectivity index (χ3v) is 3.87. The standard InChI is InChI=1S/C10H19P/c1-10(2,3)8-6-5-7-9(8)11-4/h5-6,8-9,11H,7H2,1-4H3/t8-,9?/m0/s1. The molecule has 0 saturated heterocycles. The minimum atomic E-state index is 0.473. The maximum Gasteiger partial charge on any atom is -0.0117 e. The van der Waals surface area contributed by atoms with Gasteiger partial charge in [0.05, 0.1) is 0 Å². The van der Waals surface area contributed by atoms with Crippen molar-refractivity contribution in [3.8, 4) is 0 Å². The Hall–Kier alpha value is 0.170. The molecule has 1 heteroatoms. The highest BCUT2D eigenvalue weighted by atomic mass is 31.1. The molecule has 2 unspecified atom stereocenters. The fourth-order valence-electron chi connectivity index (χ4n) is 1.84. The van der Waals surface area contributed by atoms with E-state index in [1.54, 1.807) is 0 Å². The van der Waals surface area contributed by atoms with E-state index in [4.69, 9.17) is 0 Å². The monoisotopic (exact) mass is 170 g/mol. The van der Waals surface area contributed by atoms with Crippen molar-refractivity contribution in [1.29, 1.82) is 0 Å². The van der Waals surface area contributed by atoms with Crippen LogP contribution in [-0.4, -0.2) is 12.3 Å². The zero-order valence-corrected chi connectivity index (χ0v) is 9.02. The van der Waals surface area contributed by atoms with Gasteiger partial charge in [-0.05, 0) is 30.1 Å². The summed E-state index contributed by atoms with van der Waals surface area (Å²) in [6.07, 6.45) is 6.09. The lowest BCUT2D eigenvalue weighted by Crippen LogP contribution is -2.24. The highest BCUT2D eigenvalue weighted by Crippen LogP contribution is 2.42. The molecule has 0 bridgehead atoms. The predicted octanol–water partition coefficient (Wildman–Crippen LogP) is 3.29. The summed E-state index contributed by atoms with van der Waals surface area (Å²) in [5.74, 6) is 0.825. The zero-order valence-electron chi connectivity index (χ0n) is 8.02. The molecule has 64 valence electrons. The van der Waals surface area contributed by atoms with Crippen LogP contribution in [0.3, 0.4) is 0 Å². The molecule has 0 nitrogen and oxygen atoms in total. The molecule has 3 atom stereocenters. The van der Waals surface area contributed by atoms with Crippen molar-refractivity contribution in [1.82, 2.24) is 0 Å². The van der Waals surface area contributed by atoms with Gasteiger partial charge >= 0.3 is 0 Å². The minimum Gasteiger partial charge on any atom is -0.121 e. The van der Waals surface area contributed by atoms with Crippen molar-refractivity contribution in [2.24, 2.45) is 11.3 Å². The van der Waals surface area contributed by atoms with Crippen molar-refractivity contribution in [2.45, 2.75) is 32.9 Å². The number of rotatable bonds is 1. The van der Waals surface area contributed by atoms with E-state index in [1.165, 1.54) is 6.42 Å². The van der Waals surface area contributed by atoms with Crippen LogP contribution in [0.15, 0.2) is 12.2 Å². The first-order valence-corrected chi connectivity index (χ1v) is 5.97. The van der Waals surface area contributed by atoms with Crippen molar-refractivity contribution in [3.63, 3.8) is 0 Å². The second kappa shape index (κ2) is 3.27. The van der Waals surface area contributed by atoms with E-state index < -0.39 is 0 Å². The summed E-state index contributed by atoms with van der Waals surface area (Å²) in [5, 5.41) is 0. The summed E-state index contributed by atoms with van der Waals surface area (Å²) < 4.78 is 0. The summed E-state index contributed by atoms with van der Waals surface area (Å²) in [5.41, 5.74) is 1.41. The van der Waals surface area contributed by atoms with Gasteiger partial charge in [0.1, 0.15) is 0 Å². The molecule has 1 rings (SSSR count). The Morgan fingerprint density at radius 2 is 2.00 bits per heavy atom. The highest BCUT2D eigenvalue weighted by Gasteiger charge is 2.31. The fraction of sp³-hybridized carbons (Fsp3) is 0.800. The molecule has 11 heavy (non-hydrogen) atoms. The molecule has 1 aliphatic carbocycles. The summed E-state index contributed by atoms with van der Waals surface area (Å²) in [4.78, 5) is 0. The average Bonchev–Trinajstić information content (AvgIpc) is 2.31. The van der Waals surface area contributed by atoms with Gasteiger partial charge in [0.2, 0.25) is 0 Å². The Morgan fingerprint density at radius 1 is 1.36 bits per heavy atom. The minimum absolute atomic E-state index is 0.473. The molecule has 0 aliphatic heterocycles. The van der Waals surface area contributed by atoms with Crippen LogP contribution in [0.4, 0.5) is 0 Å². The molecular weight excluding hydrogens is 151 g/mol. The maximum absolute atomic E-state index is 2.42. The SMILES string of the molecule is CPC1CC=C[C@@H]1C(C)(C)C. The first kappa shape index (κ1) is 9.26. The van der Waals surface area contributed by atoms with E-state index in [-0.39, 0.29) is 0 Å². The summed E-state index contributed by atoms with van der Waals surface area (Å²) >= 11 is 0. The van der Waals surface area contributed by atoms with Gasteiger partial charge in [0.25, 0.3) is 0 Å². The lowest BCUT2D eigenvalue weighted by Gasteiger charge is -2.31. The van der Waals surface area contributed by atoms with Gasteiger partial charge in [-0.1, -0.05) is 32.9 Å². The fourth-order valence-corrected chi connectivity index (χ4v) is 3.18. The normalized spacial score (nSPS) is 32.4. The van der Waals surface area contributed by atoms with E-state index in [0.717, 1.165) is 20.2 Å². The molecule has 0 heterocycles. The first-order chi connectivity index (χ1) is 5.05. The topological polar surface area (TPSA) is 0 Å². The Morgan fingerprint density at radius 3 is 2.36 bits per heavy atom. The van der Waals surface area contributed by atoms with Gasteiger partial charge in [0, 0.05) is 0 Å². The van der Waals surface area contributed by atoms with E-state index in [0.29, 0.717) is 5.41 Å². The van der Waals surface area contributed by atoms with E-state index in [9.17, 15) is 0 Å². The summed E-state index contributed by atoms with van der Waals surface area (Å²) in [7, 11) is 1.10. The van der Waals surface area contributed by atoms with Crippen molar-refractivity contribution in [3.05, 3.63) is 12.2 Å². The quantitative estimate of drug-likeness (QED) is 0.418.